The van der Waals surface area contributed by atoms with E-state index in [1.807, 2.05) is 28.8 Å². The Morgan fingerprint density at radius 2 is 1.96 bits per heavy atom. The van der Waals surface area contributed by atoms with Gasteiger partial charge in [-0.15, -0.1) is 0 Å². The molecule has 1 heterocycles. The van der Waals surface area contributed by atoms with Crippen LogP contribution in [0.15, 0.2) is 53.5 Å². The van der Waals surface area contributed by atoms with Gasteiger partial charge in [0.25, 0.3) is 5.91 Å². The number of carbonyl (C=O) groups excluding carboxylic acids is 1. The number of thiazole rings is 1. The van der Waals surface area contributed by atoms with Crippen molar-refractivity contribution >= 4 is 27.5 Å². The zero-order chi connectivity index (χ0) is 17.6. The highest BCUT2D eigenvalue weighted by Gasteiger charge is 2.08. The van der Waals surface area contributed by atoms with Gasteiger partial charge in [-0.05, 0) is 36.4 Å². The fraction of sp³-hybridized carbons (Fsp3) is 0.222. The summed E-state index contributed by atoms with van der Waals surface area (Å²) < 4.78 is 26.4. The number of rotatable bonds is 6. The van der Waals surface area contributed by atoms with E-state index in [1.54, 1.807) is 7.11 Å². The van der Waals surface area contributed by atoms with E-state index in [2.05, 4.69) is 4.99 Å². The van der Waals surface area contributed by atoms with Gasteiger partial charge in [-0.25, -0.2) is 4.39 Å². The molecule has 1 amide bonds. The van der Waals surface area contributed by atoms with Gasteiger partial charge in [-0.1, -0.05) is 23.5 Å². The lowest BCUT2D eigenvalue weighted by Gasteiger charge is -2.04. The highest BCUT2D eigenvalue weighted by Crippen LogP contribution is 2.16. The monoisotopic (exact) mass is 360 g/mol. The molecule has 0 atom stereocenters. The number of halogens is 1. The van der Waals surface area contributed by atoms with Crippen LogP contribution in [0.5, 0.6) is 5.75 Å². The van der Waals surface area contributed by atoms with Crippen molar-refractivity contribution in [3.8, 4) is 5.75 Å². The Morgan fingerprint density at radius 1 is 1.20 bits per heavy atom. The van der Waals surface area contributed by atoms with Gasteiger partial charge in [-0.3, -0.25) is 4.79 Å². The zero-order valence-electron chi connectivity index (χ0n) is 13.6. The normalized spacial score (nSPS) is 11.8. The van der Waals surface area contributed by atoms with E-state index in [-0.39, 0.29) is 12.4 Å². The third-order valence-electron chi connectivity index (χ3n) is 3.50. The molecule has 0 aliphatic rings. The molecule has 0 N–H and O–H groups in total. The van der Waals surface area contributed by atoms with Crippen LogP contribution in [-0.4, -0.2) is 30.8 Å². The van der Waals surface area contributed by atoms with Crippen molar-refractivity contribution in [2.24, 2.45) is 4.99 Å². The third-order valence-corrected chi connectivity index (χ3v) is 4.56. The maximum Gasteiger partial charge on any atom is 0.286 e. The van der Waals surface area contributed by atoms with Gasteiger partial charge < -0.3 is 14.0 Å². The average molecular weight is 360 g/mol. The Hall–Kier alpha value is -2.51. The number of nitrogens with zero attached hydrogens (tertiary/aromatic N) is 2. The van der Waals surface area contributed by atoms with Crippen molar-refractivity contribution in [1.82, 2.24) is 4.57 Å². The van der Waals surface area contributed by atoms with Crippen LogP contribution < -0.4 is 9.54 Å². The van der Waals surface area contributed by atoms with Crippen LogP contribution in [0.25, 0.3) is 10.2 Å². The maximum absolute atomic E-state index is 12.9. The molecule has 7 heteroatoms. The number of aromatic nitrogens is 1. The summed E-state index contributed by atoms with van der Waals surface area (Å²) in [6.45, 7) is 0.920. The molecule has 0 radical (unpaired) electrons. The van der Waals surface area contributed by atoms with Gasteiger partial charge in [0.05, 0.1) is 16.8 Å². The SMILES string of the molecule is COCCn1c(=NC(=O)COc2ccc(F)cc2)sc2ccccc21. The van der Waals surface area contributed by atoms with Crippen molar-refractivity contribution in [2.45, 2.75) is 6.54 Å². The molecule has 0 spiro atoms. The van der Waals surface area contributed by atoms with E-state index >= 15 is 0 Å². The minimum Gasteiger partial charge on any atom is -0.484 e. The van der Waals surface area contributed by atoms with Crippen LogP contribution in [0, 0.1) is 5.82 Å². The second kappa shape index (κ2) is 8.04. The average Bonchev–Trinajstić information content (AvgIpc) is 2.96. The Labute approximate surface area is 148 Å². The minimum absolute atomic E-state index is 0.204. The molecule has 0 bridgehead atoms. The molecular formula is C18H17FN2O3S. The zero-order valence-corrected chi connectivity index (χ0v) is 14.5. The molecule has 0 unspecified atom stereocenters. The molecule has 3 aromatic rings. The summed E-state index contributed by atoms with van der Waals surface area (Å²) in [5, 5.41) is 0. The summed E-state index contributed by atoms with van der Waals surface area (Å²) in [7, 11) is 1.63. The van der Waals surface area contributed by atoms with Gasteiger partial charge in [0.2, 0.25) is 0 Å². The van der Waals surface area contributed by atoms with E-state index in [1.165, 1.54) is 35.6 Å². The molecule has 5 nitrogen and oxygen atoms in total. The fourth-order valence-electron chi connectivity index (χ4n) is 2.32. The Balaban J connectivity index is 1.81. The van der Waals surface area contributed by atoms with Crippen molar-refractivity contribution in [1.29, 1.82) is 0 Å². The molecule has 3 rings (SSSR count). The molecule has 130 valence electrons. The van der Waals surface area contributed by atoms with E-state index < -0.39 is 5.91 Å². The van der Waals surface area contributed by atoms with Gasteiger partial charge in [0, 0.05) is 13.7 Å². The summed E-state index contributed by atoms with van der Waals surface area (Å²) in [6, 6.07) is 13.4. The molecule has 0 saturated carbocycles. The Morgan fingerprint density at radius 3 is 2.72 bits per heavy atom. The lowest BCUT2D eigenvalue weighted by atomic mass is 10.3. The first kappa shape index (κ1) is 17.3. The first-order chi connectivity index (χ1) is 12.2. The smallest absolute Gasteiger partial charge is 0.286 e. The molecule has 25 heavy (non-hydrogen) atoms. The number of para-hydroxylation sites is 1. The summed E-state index contributed by atoms with van der Waals surface area (Å²) in [4.78, 5) is 16.9. The number of ether oxygens (including phenoxy) is 2. The number of carbonyl (C=O) groups is 1. The lowest BCUT2D eigenvalue weighted by molar-refractivity contribution is -0.120. The van der Waals surface area contributed by atoms with Gasteiger partial charge in [-0.2, -0.15) is 4.99 Å². The predicted octanol–water partition coefficient (Wildman–Crippen LogP) is 2.99. The number of amides is 1. The molecular weight excluding hydrogens is 343 g/mol. The van der Waals surface area contributed by atoms with Crippen LogP contribution >= 0.6 is 11.3 Å². The van der Waals surface area contributed by atoms with Crippen molar-refractivity contribution < 1.29 is 18.7 Å². The number of fused-ring (bicyclic) bond motifs is 1. The summed E-state index contributed by atoms with van der Waals surface area (Å²) in [5.41, 5.74) is 1.01. The molecule has 1 aromatic heterocycles. The van der Waals surface area contributed by atoms with E-state index in [9.17, 15) is 9.18 Å². The van der Waals surface area contributed by atoms with Crippen LogP contribution in [0.3, 0.4) is 0 Å². The maximum atomic E-state index is 12.9. The van der Waals surface area contributed by atoms with Crippen molar-refractivity contribution in [2.75, 3.05) is 20.3 Å². The summed E-state index contributed by atoms with van der Waals surface area (Å²) >= 11 is 1.44. The topological polar surface area (TPSA) is 52.8 Å². The van der Waals surface area contributed by atoms with Crippen LogP contribution in [0.4, 0.5) is 4.39 Å². The molecule has 0 aliphatic heterocycles. The lowest BCUT2D eigenvalue weighted by Crippen LogP contribution is -2.21. The second-order valence-corrected chi connectivity index (χ2v) is 6.25. The highest BCUT2D eigenvalue weighted by molar-refractivity contribution is 7.16. The van der Waals surface area contributed by atoms with Crippen LogP contribution in [0.2, 0.25) is 0 Å². The number of benzene rings is 2. The summed E-state index contributed by atoms with van der Waals surface area (Å²) in [6.07, 6.45) is 0. The van der Waals surface area contributed by atoms with E-state index in [4.69, 9.17) is 9.47 Å². The fourth-order valence-corrected chi connectivity index (χ4v) is 3.39. The molecule has 0 fully saturated rings. The quantitative estimate of drug-likeness (QED) is 0.679. The van der Waals surface area contributed by atoms with Crippen molar-refractivity contribution in [3.63, 3.8) is 0 Å². The first-order valence-electron chi connectivity index (χ1n) is 7.70. The predicted molar refractivity (Wildman–Crippen MR) is 94.2 cm³/mol. The van der Waals surface area contributed by atoms with Crippen LogP contribution in [-0.2, 0) is 16.1 Å². The largest absolute Gasteiger partial charge is 0.484 e. The highest BCUT2D eigenvalue weighted by atomic mass is 32.1. The molecule has 2 aromatic carbocycles. The number of hydrogen-bond donors (Lipinski definition) is 0. The van der Waals surface area contributed by atoms with Gasteiger partial charge in [0.1, 0.15) is 11.6 Å². The molecule has 0 saturated heterocycles. The number of hydrogen-bond acceptors (Lipinski definition) is 4. The van der Waals surface area contributed by atoms with E-state index in [0.717, 1.165) is 10.2 Å². The van der Waals surface area contributed by atoms with Crippen molar-refractivity contribution in [3.05, 3.63) is 59.1 Å². The minimum atomic E-state index is -0.401. The molecule has 0 aliphatic carbocycles. The Bertz CT molecular complexity index is 931. The van der Waals surface area contributed by atoms with Gasteiger partial charge in [0.15, 0.2) is 11.4 Å². The first-order valence-corrected chi connectivity index (χ1v) is 8.52. The standard InChI is InChI=1S/C18H17FN2O3S/c1-23-11-10-21-15-4-2-3-5-16(15)25-18(21)20-17(22)12-24-14-8-6-13(19)7-9-14/h2-9H,10-12H2,1H3. The second-order valence-electron chi connectivity index (χ2n) is 5.24. The van der Waals surface area contributed by atoms with Crippen LogP contribution in [0.1, 0.15) is 0 Å². The number of methoxy groups -OCH3 is 1. The van der Waals surface area contributed by atoms with Gasteiger partial charge >= 0.3 is 0 Å². The third kappa shape index (κ3) is 4.32. The summed E-state index contributed by atoms with van der Waals surface area (Å²) in [5.74, 6) is -0.330. The Kier molecular flexibility index (Phi) is 5.57. The van der Waals surface area contributed by atoms with E-state index in [0.29, 0.717) is 23.7 Å².